The number of likely N-dealkylation sites (tertiary alicyclic amines) is 1. The molecule has 1 saturated heterocycles. The Morgan fingerprint density at radius 3 is 2.72 bits per heavy atom. The van der Waals surface area contributed by atoms with Crippen LogP contribution in [0.5, 0.6) is 0 Å². The topological polar surface area (TPSA) is 105 Å². The number of hydrogen-bond donors (Lipinski definition) is 1. The third kappa shape index (κ3) is 4.73. The van der Waals surface area contributed by atoms with Crippen LogP contribution in [0.1, 0.15) is 39.7 Å². The van der Waals surface area contributed by atoms with Crippen molar-refractivity contribution >= 4 is 50.7 Å². The Morgan fingerprint density at radius 1 is 1.25 bits per heavy atom. The molecule has 2 amide bonds. The number of hydrogen-bond acceptors (Lipinski definition) is 6. The predicted molar refractivity (Wildman–Crippen MR) is 123 cm³/mol. The second-order valence-electron chi connectivity index (χ2n) is 7.76. The zero-order valence-electron chi connectivity index (χ0n) is 17.3. The van der Waals surface area contributed by atoms with Crippen molar-refractivity contribution in [2.75, 3.05) is 19.6 Å². The van der Waals surface area contributed by atoms with E-state index in [1.54, 1.807) is 23.2 Å². The molecule has 4 rings (SSSR count). The fraction of sp³-hybridized carbons (Fsp3) is 0.318. The number of carbonyl (C=O) groups excluding carboxylic acids is 2. The van der Waals surface area contributed by atoms with Gasteiger partial charge in [-0.15, -0.1) is 11.3 Å². The summed E-state index contributed by atoms with van der Waals surface area (Å²) >= 11 is 7.71. The summed E-state index contributed by atoms with van der Waals surface area (Å²) in [7, 11) is 0. The Morgan fingerprint density at radius 2 is 2.00 bits per heavy atom. The van der Waals surface area contributed by atoms with Gasteiger partial charge < -0.3 is 10.2 Å². The third-order valence-corrected chi connectivity index (χ3v) is 7.07. The summed E-state index contributed by atoms with van der Waals surface area (Å²) in [4.78, 5) is 41.9. The highest BCUT2D eigenvalue weighted by molar-refractivity contribution is 7.18. The summed E-state index contributed by atoms with van der Waals surface area (Å²) in [5.74, 6) is -0.392. The van der Waals surface area contributed by atoms with E-state index in [0.717, 1.165) is 28.1 Å². The molecule has 0 bridgehead atoms. The van der Waals surface area contributed by atoms with Gasteiger partial charge in [0.2, 0.25) is 5.91 Å². The number of nitro groups is 1. The lowest BCUT2D eigenvalue weighted by Crippen LogP contribution is -2.43. The number of nitrogens with zero attached hydrogens (tertiary/aromatic N) is 3. The van der Waals surface area contributed by atoms with Crippen LogP contribution in [0, 0.1) is 17.0 Å². The van der Waals surface area contributed by atoms with Crippen LogP contribution >= 0.6 is 22.9 Å². The number of nitrogens with one attached hydrogen (secondary N) is 1. The molecule has 0 radical (unpaired) electrons. The maximum atomic E-state index is 12.6. The van der Waals surface area contributed by atoms with Crippen LogP contribution in [0.25, 0.3) is 10.2 Å². The van der Waals surface area contributed by atoms with E-state index in [2.05, 4.69) is 5.32 Å². The van der Waals surface area contributed by atoms with Gasteiger partial charge in [-0.2, -0.15) is 0 Å². The smallest absolute Gasteiger partial charge is 0.273 e. The normalized spacial score (nSPS) is 14.5. The van der Waals surface area contributed by atoms with Crippen molar-refractivity contribution in [3.05, 3.63) is 67.7 Å². The number of nitro benzene ring substituents is 1. The van der Waals surface area contributed by atoms with Crippen molar-refractivity contribution in [1.82, 2.24) is 15.2 Å². The van der Waals surface area contributed by atoms with Crippen molar-refractivity contribution in [3.8, 4) is 0 Å². The third-order valence-electron chi connectivity index (χ3n) is 5.63. The molecule has 166 valence electrons. The maximum Gasteiger partial charge on any atom is 0.273 e. The molecule has 0 saturated carbocycles. The number of piperidine rings is 1. The van der Waals surface area contributed by atoms with E-state index >= 15 is 0 Å². The number of fused-ring (bicyclic) bond motifs is 1. The zero-order chi connectivity index (χ0) is 22.8. The molecule has 1 aromatic heterocycles. The summed E-state index contributed by atoms with van der Waals surface area (Å²) in [6, 6.07) is 9.96. The molecule has 1 aliphatic heterocycles. The molecule has 1 N–H and O–H groups in total. The van der Waals surface area contributed by atoms with Gasteiger partial charge in [0.1, 0.15) is 0 Å². The van der Waals surface area contributed by atoms with Crippen LogP contribution in [0.3, 0.4) is 0 Å². The van der Waals surface area contributed by atoms with Crippen LogP contribution in [0.2, 0.25) is 5.02 Å². The number of carbonyl (C=O) groups is 2. The van der Waals surface area contributed by atoms with Gasteiger partial charge in [-0.3, -0.25) is 19.7 Å². The molecule has 2 aromatic carbocycles. The largest absolute Gasteiger partial charge is 0.343 e. The average molecular weight is 473 g/mol. The molecule has 10 heteroatoms. The molecule has 0 atom stereocenters. The van der Waals surface area contributed by atoms with E-state index < -0.39 is 10.8 Å². The highest BCUT2D eigenvalue weighted by Crippen LogP contribution is 2.34. The van der Waals surface area contributed by atoms with Gasteiger partial charge >= 0.3 is 0 Å². The van der Waals surface area contributed by atoms with E-state index in [0.29, 0.717) is 23.7 Å². The first-order chi connectivity index (χ1) is 15.3. The lowest BCUT2D eigenvalue weighted by atomic mass is 9.97. The van der Waals surface area contributed by atoms with Crippen LogP contribution in [0.15, 0.2) is 36.4 Å². The minimum Gasteiger partial charge on any atom is -0.343 e. The number of aryl methyl sites for hydroxylation is 1. The van der Waals surface area contributed by atoms with Crippen molar-refractivity contribution in [2.45, 2.75) is 25.7 Å². The second kappa shape index (κ2) is 9.22. The van der Waals surface area contributed by atoms with E-state index in [9.17, 15) is 19.7 Å². The molecule has 0 spiro atoms. The van der Waals surface area contributed by atoms with Crippen LogP contribution in [0.4, 0.5) is 5.69 Å². The van der Waals surface area contributed by atoms with Crippen molar-refractivity contribution < 1.29 is 14.5 Å². The minimum atomic E-state index is -0.526. The van der Waals surface area contributed by atoms with E-state index in [1.165, 1.54) is 18.2 Å². The second-order valence-corrected chi connectivity index (χ2v) is 9.26. The van der Waals surface area contributed by atoms with Gasteiger partial charge in [0.25, 0.3) is 11.6 Å². The van der Waals surface area contributed by atoms with Crippen LogP contribution in [-0.4, -0.2) is 46.3 Å². The fourth-order valence-corrected chi connectivity index (χ4v) is 5.07. The highest BCUT2D eigenvalue weighted by atomic mass is 35.5. The van der Waals surface area contributed by atoms with Gasteiger partial charge in [-0.25, -0.2) is 4.98 Å². The van der Waals surface area contributed by atoms with Crippen LogP contribution in [-0.2, 0) is 4.79 Å². The summed E-state index contributed by atoms with van der Waals surface area (Å²) in [6.07, 6.45) is 1.61. The molecule has 0 aliphatic carbocycles. The Bertz CT molecular complexity index is 1200. The van der Waals surface area contributed by atoms with Crippen molar-refractivity contribution in [1.29, 1.82) is 0 Å². The van der Waals surface area contributed by atoms with Gasteiger partial charge in [-0.1, -0.05) is 17.7 Å². The summed E-state index contributed by atoms with van der Waals surface area (Å²) < 4.78 is 1.10. The fourth-order valence-electron chi connectivity index (χ4n) is 3.79. The quantitative estimate of drug-likeness (QED) is 0.440. The van der Waals surface area contributed by atoms with Gasteiger partial charge in [-0.05, 0) is 44.0 Å². The monoisotopic (exact) mass is 472 g/mol. The zero-order valence-corrected chi connectivity index (χ0v) is 18.9. The first-order valence-corrected chi connectivity index (χ1v) is 11.4. The molecule has 0 unspecified atom stereocenters. The Kier molecular flexibility index (Phi) is 6.38. The number of aromatic nitrogens is 1. The first kappa shape index (κ1) is 22.2. The van der Waals surface area contributed by atoms with Gasteiger partial charge in [0.05, 0.1) is 26.7 Å². The van der Waals surface area contributed by atoms with Crippen LogP contribution < -0.4 is 5.32 Å². The molecule has 2 heterocycles. The summed E-state index contributed by atoms with van der Waals surface area (Å²) in [5.41, 5.74) is 1.41. The molecule has 32 heavy (non-hydrogen) atoms. The lowest BCUT2D eigenvalue weighted by Gasteiger charge is -2.31. The molecule has 8 nitrogen and oxygen atoms in total. The molecular weight excluding hydrogens is 452 g/mol. The predicted octanol–water partition coefficient (Wildman–Crippen LogP) is 4.30. The average Bonchev–Trinajstić information content (AvgIpc) is 3.20. The maximum absolute atomic E-state index is 12.6. The number of amides is 2. The summed E-state index contributed by atoms with van der Waals surface area (Å²) in [5, 5.41) is 15.4. The van der Waals surface area contributed by atoms with E-state index in [-0.39, 0.29) is 29.6 Å². The number of benzene rings is 2. The highest BCUT2D eigenvalue weighted by Gasteiger charge is 2.26. The molecule has 3 aromatic rings. The summed E-state index contributed by atoms with van der Waals surface area (Å²) in [6.45, 7) is 2.64. The minimum absolute atomic E-state index is 0.122. The lowest BCUT2D eigenvalue weighted by molar-refractivity contribution is -0.385. The Hall–Kier alpha value is -3.04. The number of halogens is 1. The van der Waals surface area contributed by atoms with Gasteiger partial charge in [0, 0.05) is 41.2 Å². The molecule has 1 fully saturated rings. The molecule has 1 aliphatic rings. The standard InChI is InChI=1S/C22H21ClN4O4S/c1-13-2-3-15(10-18(13)27(30)31)21(29)24-12-20(28)26-8-6-14(7-9-26)22-25-17-11-16(23)4-5-19(17)32-22/h2-5,10-11,14H,6-9,12H2,1H3,(H,24,29). The number of thiazole rings is 1. The van der Waals surface area contributed by atoms with Gasteiger partial charge in [0.15, 0.2) is 0 Å². The SMILES string of the molecule is Cc1ccc(C(=O)NCC(=O)N2CCC(c3nc4cc(Cl)ccc4s3)CC2)cc1[N+](=O)[O-]. The van der Waals surface area contributed by atoms with Crippen molar-refractivity contribution in [3.63, 3.8) is 0 Å². The molecular formula is C22H21ClN4O4S. The number of rotatable bonds is 5. The van der Waals surface area contributed by atoms with E-state index in [4.69, 9.17) is 16.6 Å². The van der Waals surface area contributed by atoms with Crippen molar-refractivity contribution in [2.24, 2.45) is 0 Å². The first-order valence-electron chi connectivity index (χ1n) is 10.2. The van der Waals surface area contributed by atoms with E-state index in [1.807, 2.05) is 18.2 Å². The Balaban J connectivity index is 1.31. The Labute approximate surface area is 193 Å².